The van der Waals surface area contributed by atoms with Crippen LogP contribution in [0.25, 0.3) is 0 Å². The van der Waals surface area contributed by atoms with Crippen LogP contribution in [0.2, 0.25) is 0 Å². The molecular weight excluding hydrogens is 272 g/mol. The van der Waals surface area contributed by atoms with E-state index in [4.69, 9.17) is 9.47 Å². The van der Waals surface area contributed by atoms with E-state index in [1.54, 1.807) is 12.7 Å². The maximum atomic E-state index is 12.1. The lowest BCUT2D eigenvalue weighted by Crippen LogP contribution is -2.41. The molecule has 2 aliphatic rings. The highest BCUT2D eigenvalue weighted by atomic mass is 16.5. The van der Waals surface area contributed by atoms with Gasteiger partial charge in [0, 0.05) is 25.7 Å². The third-order valence-corrected chi connectivity index (χ3v) is 4.23. The summed E-state index contributed by atoms with van der Waals surface area (Å²) in [6, 6.07) is 0.400. The number of ether oxygens (including phenoxy) is 2. The summed E-state index contributed by atoms with van der Waals surface area (Å²) < 4.78 is 13.0. The molecular formula is C14H22N4O3. The van der Waals surface area contributed by atoms with Crippen LogP contribution >= 0.6 is 0 Å². The summed E-state index contributed by atoms with van der Waals surface area (Å²) >= 11 is 0. The Labute approximate surface area is 124 Å². The van der Waals surface area contributed by atoms with Gasteiger partial charge in [0.15, 0.2) is 0 Å². The van der Waals surface area contributed by atoms with Crippen molar-refractivity contribution in [1.29, 1.82) is 0 Å². The molecule has 21 heavy (non-hydrogen) atoms. The second-order valence-electron chi connectivity index (χ2n) is 5.67. The van der Waals surface area contributed by atoms with Gasteiger partial charge in [-0.1, -0.05) is 0 Å². The van der Waals surface area contributed by atoms with Gasteiger partial charge in [-0.3, -0.25) is 4.79 Å². The van der Waals surface area contributed by atoms with Crippen LogP contribution in [0.3, 0.4) is 0 Å². The van der Waals surface area contributed by atoms with Gasteiger partial charge in [0.25, 0.3) is 0 Å². The second kappa shape index (κ2) is 7.00. The van der Waals surface area contributed by atoms with Crippen LogP contribution in [0.5, 0.6) is 0 Å². The summed E-state index contributed by atoms with van der Waals surface area (Å²) in [5, 5.41) is 7.66. The first-order valence-corrected chi connectivity index (χ1v) is 7.64. The third-order valence-electron chi connectivity index (χ3n) is 4.23. The molecule has 7 nitrogen and oxygen atoms in total. The van der Waals surface area contributed by atoms with Gasteiger partial charge in [-0.15, -0.1) is 10.2 Å². The van der Waals surface area contributed by atoms with Crippen molar-refractivity contribution in [3.05, 3.63) is 12.7 Å². The fourth-order valence-corrected chi connectivity index (χ4v) is 2.96. The van der Waals surface area contributed by atoms with E-state index in [1.807, 2.05) is 9.47 Å². The van der Waals surface area contributed by atoms with Crippen molar-refractivity contribution in [3.8, 4) is 0 Å². The summed E-state index contributed by atoms with van der Waals surface area (Å²) in [6.45, 7) is 3.05. The number of aromatic nitrogens is 3. The van der Waals surface area contributed by atoms with Crippen molar-refractivity contribution < 1.29 is 14.3 Å². The summed E-state index contributed by atoms with van der Waals surface area (Å²) in [5.74, 6) is 0.0789. The molecule has 0 bridgehead atoms. The van der Waals surface area contributed by atoms with Crippen molar-refractivity contribution in [2.75, 3.05) is 32.9 Å². The number of carbonyl (C=O) groups excluding carboxylic acids is 1. The highest BCUT2D eigenvalue weighted by Gasteiger charge is 2.24. The van der Waals surface area contributed by atoms with Crippen LogP contribution in [0.1, 0.15) is 31.7 Å². The average Bonchev–Trinajstić information content (AvgIpc) is 3.21. The molecule has 0 aliphatic carbocycles. The second-order valence-corrected chi connectivity index (χ2v) is 5.67. The Morgan fingerprint density at radius 1 is 1.24 bits per heavy atom. The standard InChI is InChI=1S/C14H22N4O3/c19-14(9-20-8-13-2-1-7-21-13)17-5-3-12(4-6-17)18-10-15-16-11-18/h10-13H,1-9H2. The van der Waals surface area contributed by atoms with E-state index in [0.29, 0.717) is 12.6 Å². The number of carbonyl (C=O) groups is 1. The van der Waals surface area contributed by atoms with E-state index in [-0.39, 0.29) is 18.6 Å². The molecule has 0 spiro atoms. The largest absolute Gasteiger partial charge is 0.376 e. The number of hydrogen-bond donors (Lipinski definition) is 0. The minimum atomic E-state index is 0.0789. The molecule has 2 aliphatic heterocycles. The molecule has 1 unspecified atom stereocenters. The fraction of sp³-hybridized carbons (Fsp3) is 0.786. The number of likely N-dealkylation sites (tertiary alicyclic amines) is 1. The zero-order valence-electron chi connectivity index (χ0n) is 12.2. The van der Waals surface area contributed by atoms with Crippen molar-refractivity contribution in [2.24, 2.45) is 0 Å². The number of nitrogens with zero attached hydrogens (tertiary/aromatic N) is 4. The Kier molecular flexibility index (Phi) is 4.82. The van der Waals surface area contributed by atoms with E-state index in [9.17, 15) is 4.79 Å². The number of amides is 1. The summed E-state index contributed by atoms with van der Waals surface area (Å²) in [4.78, 5) is 14.0. The van der Waals surface area contributed by atoms with Crippen LogP contribution < -0.4 is 0 Å². The highest BCUT2D eigenvalue weighted by Crippen LogP contribution is 2.21. The SMILES string of the molecule is O=C(COCC1CCCO1)N1CCC(n2cnnc2)CC1. The third kappa shape index (κ3) is 3.79. The minimum absolute atomic E-state index is 0.0789. The quantitative estimate of drug-likeness (QED) is 0.797. The Morgan fingerprint density at radius 3 is 2.67 bits per heavy atom. The van der Waals surface area contributed by atoms with Crippen LogP contribution in [-0.4, -0.2) is 64.6 Å². The van der Waals surface area contributed by atoms with Crippen molar-refractivity contribution in [1.82, 2.24) is 19.7 Å². The lowest BCUT2D eigenvalue weighted by atomic mass is 10.1. The summed E-state index contributed by atoms with van der Waals surface area (Å²) in [5.41, 5.74) is 0. The molecule has 116 valence electrons. The van der Waals surface area contributed by atoms with Crippen LogP contribution in [0.15, 0.2) is 12.7 Å². The zero-order valence-corrected chi connectivity index (χ0v) is 12.2. The molecule has 1 aromatic rings. The lowest BCUT2D eigenvalue weighted by Gasteiger charge is -2.32. The predicted molar refractivity (Wildman–Crippen MR) is 74.7 cm³/mol. The molecule has 0 N–H and O–H groups in total. The molecule has 2 fully saturated rings. The van der Waals surface area contributed by atoms with Crippen molar-refractivity contribution >= 4 is 5.91 Å². The molecule has 0 aromatic carbocycles. The van der Waals surface area contributed by atoms with Gasteiger partial charge in [0.2, 0.25) is 5.91 Å². The Hall–Kier alpha value is -1.47. The number of hydrogen-bond acceptors (Lipinski definition) is 5. The molecule has 1 aromatic heterocycles. The van der Waals surface area contributed by atoms with Crippen LogP contribution in [0.4, 0.5) is 0 Å². The van der Waals surface area contributed by atoms with Gasteiger partial charge in [0.05, 0.1) is 12.7 Å². The Balaban J connectivity index is 1.36. The van der Waals surface area contributed by atoms with Crippen LogP contribution in [0, 0.1) is 0 Å². The van der Waals surface area contributed by atoms with Gasteiger partial charge in [-0.05, 0) is 25.7 Å². The first-order valence-electron chi connectivity index (χ1n) is 7.64. The van der Waals surface area contributed by atoms with E-state index >= 15 is 0 Å². The first-order chi connectivity index (χ1) is 10.3. The molecule has 1 amide bonds. The molecule has 7 heteroatoms. The monoisotopic (exact) mass is 294 g/mol. The molecule has 3 rings (SSSR count). The van der Waals surface area contributed by atoms with Gasteiger partial charge in [-0.25, -0.2) is 0 Å². The van der Waals surface area contributed by atoms with Crippen molar-refractivity contribution in [2.45, 2.75) is 37.8 Å². The van der Waals surface area contributed by atoms with Gasteiger partial charge < -0.3 is 18.9 Å². The van der Waals surface area contributed by atoms with Gasteiger partial charge in [-0.2, -0.15) is 0 Å². The maximum absolute atomic E-state index is 12.1. The molecule has 1 atom stereocenters. The molecule has 2 saturated heterocycles. The minimum Gasteiger partial charge on any atom is -0.376 e. The first kappa shape index (κ1) is 14.5. The molecule has 0 saturated carbocycles. The van der Waals surface area contributed by atoms with E-state index in [1.165, 1.54) is 0 Å². The summed E-state index contributed by atoms with van der Waals surface area (Å²) in [7, 11) is 0. The highest BCUT2D eigenvalue weighted by molar-refractivity contribution is 5.77. The van der Waals surface area contributed by atoms with E-state index in [2.05, 4.69) is 10.2 Å². The van der Waals surface area contributed by atoms with Gasteiger partial charge >= 0.3 is 0 Å². The molecule has 3 heterocycles. The zero-order chi connectivity index (χ0) is 14.5. The van der Waals surface area contributed by atoms with Crippen molar-refractivity contribution in [3.63, 3.8) is 0 Å². The summed E-state index contributed by atoms with van der Waals surface area (Å²) in [6.07, 6.45) is 7.68. The number of piperidine rings is 1. The average molecular weight is 294 g/mol. The fourth-order valence-electron chi connectivity index (χ4n) is 2.96. The predicted octanol–water partition coefficient (Wildman–Crippen LogP) is 0.637. The smallest absolute Gasteiger partial charge is 0.248 e. The Morgan fingerprint density at radius 2 is 2.00 bits per heavy atom. The number of rotatable bonds is 5. The normalized spacial score (nSPS) is 23.6. The topological polar surface area (TPSA) is 69.5 Å². The lowest BCUT2D eigenvalue weighted by molar-refractivity contribution is -0.138. The van der Waals surface area contributed by atoms with E-state index < -0.39 is 0 Å². The maximum Gasteiger partial charge on any atom is 0.248 e. The van der Waals surface area contributed by atoms with E-state index in [0.717, 1.165) is 45.4 Å². The molecule has 0 radical (unpaired) electrons. The Bertz CT molecular complexity index is 437. The van der Waals surface area contributed by atoms with Crippen LogP contribution in [-0.2, 0) is 14.3 Å². The van der Waals surface area contributed by atoms with Gasteiger partial charge in [0.1, 0.15) is 19.3 Å².